The summed E-state index contributed by atoms with van der Waals surface area (Å²) >= 11 is 1.25. The third kappa shape index (κ3) is 3.95. The molecule has 2 amide bonds. The zero-order valence-corrected chi connectivity index (χ0v) is 17.4. The molecule has 0 aliphatic carbocycles. The highest BCUT2D eigenvalue weighted by atomic mass is 32.2. The van der Waals surface area contributed by atoms with E-state index in [0.29, 0.717) is 24.0 Å². The molecule has 9 heteroatoms. The van der Waals surface area contributed by atoms with Gasteiger partial charge in [-0.05, 0) is 23.6 Å². The fourth-order valence-electron chi connectivity index (χ4n) is 3.77. The first-order valence-corrected chi connectivity index (χ1v) is 11.0. The van der Waals surface area contributed by atoms with Crippen LogP contribution in [0.15, 0.2) is 70.3 Å². The number of thioether (sulfide) groups is 1. The van der Waals surface area contributed by atoms with Gasteiger partial charge in [-0.2, -0.15) is 0 Å². The van der Waals surface area contributed by atoms with Gasteiger partial charge >= 0.3 is 0 Å². The van der Waals surface area contributed by atoms with Gasteiger partial charge < -0.3 is 9.73 Å². The number of anilines is 1. The molecule has 8 nitrogen and oxygen atoms in total. The summed E-state index contributed by atoms with van der Waals surface area (Å²) in [6.07, 6.45) is 1.23. The minimum atomic E-state index is -0.340. The van der Waals surface area contributed by atoms with Gasteiger partial charge in [0.05, 0.1) is 30.2 Å². The molecule has 1 saturated heterocycles. The number of aliphatic imine (C=N–C) groups is 1. The first-order chi connectivity index (χ1) is 15.2. The molecule has 2 unspecified atom stereocenters. The number of hydrogen-bond donors (Lipinski definition) is 3. The molecule has 1 fully saturated rings. The van der Waals surface area contributed by atoms with Crippen molar-refractivity contribution in [3.63, 3.8) is 0 Å². The molecule has 1 aromatic heterocycles. The highest BCUT2D eigenvalue weighted by Crippen LogP contribution is 2.33. The van der Waals surface area contributed by atoms with Gasteiger partial charge in [-0.3, -0.25) is 19.9 Å². The zero-order chi connectivity index (χ0) is 21.2. The Labute approximate surface area is 183 Å². The summed E-state index contributed by atoms with van der Waals surface area (Å²) in [5.74, 6) is 0.335. The van der Waals surface area contributed by atoms with Crippen LogP contribution in [0.1, 0.15) is 5.76 Å². The fourth-order valence-corrected chi connectivity index (χ4v) is 4.64. The van der Waals surface area contributed by atoms with E-state index in [-0.39, 0.29) is 29.7 Å². The number of amides is 2. The van der Waals surface area contributed by atoms with Gasteiger partial charge in [-0.15, -0.1) is 0 Å². The van der Waals surface area contributed by atoms with Gasteiger partial charge in [0.15, 0.2) is 5.17 Å². The van der Waals surface area contributed by atoms with Crippen LogP contribution in [-0.2, 0) is 16.1 Å². The van der Waals surface area contributed by atoms with E-state index in [1.54, 1.807) is 23.3 Å². The highest BCUT2D eigenvalue weighted by molar-refractivity contribution is 8.14. The maximum atomic E-state index is 13.4. The van der Waals surface area contributed by atoms with Crippen LogP contribution < -0.4 is 21.1 Å². The SMILES string of the molecule is O=C(CSC1=NC2NNCC2C(=O)N1c1cccc2ccccc12)NCc1ccco1. The van der Waals surface area contributed by atoms with Gasteiger partial charge in [-0.25, -0.2) is 10.4 Å². The number of carbonyl (C=O) groups excluding carboxylic acids is 2. The second-order valence-corrected chi connectivity index (χ2v) is 8.25. The van der Waals surface area contributed by atoms with E-state index >= 15 is 0 Å². The predicted octanol–water partition coefficient (Wildman–Crippen LogP) is 2.24. The first-order valence-electron chi connectivity index (χ1n) is 10.0. The Morgan fingerprint density at radius 3 is 2.94 bits per heavy atom. The smallest absolute Gasteiger partial charge is 0.241 e. The Morgan fingerprint density at radius 1 is 1.19 bits per heavy atom. The second-order valence-electron chi connectivity index (χ2n) is 7.30. The molecule has 2 aromatic carbocycles. The molecule has 3 N–H and O–H groups in total. The van der Waals surface area contributed by atoms with Crippen molar-refractivity contribution < 1.29 is 14.0 Å². The molecule has 0 bridgehead atoms. The normalized spacial score (nSPS) is 20.6. The van der Waals surface area contributed by atoms with Gasteiger partial charge in [0.2, 0.25) is 11.8 Å². The standard InChI is InChI=1S/C22H21N5O3S/c28-19(23-11-15-7-4-10-30-15)13-31-22-25-20-17(12-24-26-20)21(29)27(22)18-9-3-6-14-5-1-2-8-16(14)18/h1-10,17,20,24,26H,11-13H2,(H,23,28). The summed E-state index contributed by atoms with van der Waals surface area (Å²) in [7, 11) is 0. The molecular formula is C22H21N5O3S. The Morgan fingerprint density at radius 2 is 2.06 bits per heavy atom. The molecule has 0 radical (unpaired) electrons. The Hall–Kier alpha value is -3.14. The number of nitrogens with one attached hydrogen (secondary N) is 3. The molecule has 3 aromatic rings. The van der Waals surface area contributed by atoms with Crippen LogP contribution >= 0.6 is 11.8 Å². The van der Waals surface area contributed by atoms with Crippen LogP contribution in [0.2, 0.25) is 0 Å². The van der Waals surface area contributed by atoms with Gasteiger partial charge in [0.25, 0.3) is 0 Å². The Kier molecular flexibility index (Phi) is 5.46. The maximum Gasteiger partial charge on any atom is 0.241 e. The number of fused-ring (bicyclic) bond motifs is 2. The fraction of sp³-hybridized carbons (Fsp3) is 0.227. The number of rotatable bonds is 5. The molecule has 0 saturated carbocycles. The van der Waals surface area contributed by atoms with E-state index in [2.05, 4.69) is 16.2 Å². The van der Waals surface area contributed by atoms with E-state index in [9.17, 15) is 9.59 Å². The molecule has 158 valence electrons. The van der Waals surface area contributed by atoms with E-state index in [1.165, 1.54) is 11.8 Å². The van der Waals surface area contributed by atoms with Crippen LogP contribution in [0.25, 0.3) is 10.8 Å². The monoisotopic (exact) mass is 435 g/mol. The molecule has 2 atom stereocenters. The van der Waals surface area contributed by atoms with E-state index < -0.39 is 0 Å². The van der Waals surface area contributed by atoms with Gasteiger partial charge in [0, 0.05) is 11.9 Å². The minimum absolute atomic E-state index is 0.0349. The average Bonchev–Trinajstić information content (AvgIpc) is 3.48. The number of furan rings is 1. The number of hydrazine groups is 1. The number of nitrogens with zero attached hydrogens (tertiary/aromatic N) is 2. The lowest BCUT2D eigenvalue weighted by molar-refractivity contribution is -0.121. The maximum absolute atomic E-state index is 13.4. The average molecular weight is 436 g/mol. The largest absolute Gasteiger partial charge is 0.467 e. The Balaban J connectivity index is 1.40. The molecular weight excluding hydrogens is 414 g/mol. The quantitative estimate of drug-likeness (QED) is 0.569. The third-order valence-corrected chi connectivity index (χ3v) is 6.26. The van der Waals surface area contributed by atoms with Crippen LogP contribution in [0, 0.1) is 5.92 Å². The second kappa shape index (κ2) is 8.54. The summed E-state index contributed by atoms with van der Waals surface area (Å²) in [5, 5.41) is 5.34. The van der Waals surface area contributed by atoms with Crippen molar-refractivity contribution in [2.45, 2.75) is 12.7 Å². The van der Waals surface area contributed by atoms with Crippen molar-refractivity contribution in [2.75, 3.05) is 17.2 Å². The summed E-state index contributed by atoms with van der Waals surface area (Å²) < 4.78 is 5.24. The van der Waals surface area contributed by atoms with Crippen molar-refractivity contribution in [3.8, 4) is 0 Å². The van der Waals surface area contributed by atoms with Crippen LogP contribution in [0.4, 0.5) is 5.69 Å². The topological polar surface area (TPSA) is 99.0 Å². The van der Waals surface area contributed by atoms with Crippen molar-refractivity contribution in [2.24, 2.45) is 10.9 Å². The third-order valence-electron chi connectivity index (χ3n) is 5.31. The van der Waals surface area contributed by atoms with Crippen LogP contribution in [0.3, 0.4) is 0 Å². The van der Waals surface area contributed by atoms with E-state index in [1.807, 2.05) is 42.5 Å². The lowest BCUT2D eigenvalue weighted by Crippen LogP contribution is -2.49. The first kappa shape index (κ1) is 19.8. The molecule has 2 aliphatic rings. The summed E-state index contributed by atoms with van der Waals surface area (Å²) in [5.41, 5.74) is 6.84. The lowest BCUT2D eigenvalue weighted by Gasteiger charge is -2.33. The van der Waals surface area contributed by atoms with Gasteiger partial charge in [0.1, 0.15) is 11.9 Å². The highest BCUT2D eigenvalue weighted by Gasteiger charge is 2.42. The number of carbonyl (C=O) groups is 2. The molecule has 2 aliphatic heterocycles. The summed E-state index contributed by atoms with van der Waals surface area (Å²) in [6, 6.07) is 17.4. The van der Waals surface area contributed by atoms with Crippen molar-refractivity contribution in [3.05, 3.63) is 66.6 Å². The molecule has 31 heavy (non-hydrogen) atoms. The van der Waals surface area contributed by atoms with Crippen molar-refractivity contribution in [1.29, 1.82) is 0 Å². The number of benzene rings is 2. The zero-order valence-electron chi connectivity index (χ0n) is 16.6. The summed E-state index contributed by atoms with van der Waals surface area (Å²) in [6.45, 7) is 0.830. The van der Waals surface area contributed by atoms with Crippen LogP contribution in [0.5, 0.6) is 0 Å². The molecule has 5 rings (SSSR count). The minimum Gasteiger partial charge on any atom is -0.467 e. The number of hydrogen-bond acceptors (Lipinski definition) is 7. The van der Waals surface area contributed by atoms with E-state index in [4.69, 9.17) is 9.41 Å². The van der Waals surface area contributed by atoms with Crippen LogP contribution in [-0.4, -0.2) is 35.4 Å². The van der Waals surface area contributed by atoms with Crippen molar-refractivity contribution >= 4 is 45.2 Å². The molecule has 3 heterocycles. The lowest BCUT2D eigenvalue weighted by atomic mass is 10.0. The number of amidine groups is 1. The summed E-state index contributed by atoms with van der Waals surface area (Å²) in [4.78, 5) is 32.2. The van der Waals surface area contributed by atoms with Gasteiger partial charge in [-0.1, -0.05) is 48.2 Å². The van der Waals surface area contributed by atoms with Crippen molar-refractivity contribution in [1.82, 2.24) is 16.2 Å². The van der Waals surface area contributed by atoms with E-state index in [0.717, 1.165) is 16.5 Å². The Bertz CT molecular complexity index is 1140. The molecule has 0 spiro atoms. The predicted molar refractivity (Wildman–Crippen MR) is 120 cm³/mol.